The minimum atomic E-state index is 0.303. The van der Waals surface area contributed by atoms with Gasteiger partial charge in [-0.2, -0.15) is 10.5 Å². The number of benzene rings is 4. The number of nitriles is 2. The fraction of sp³-hybridized carbons (Fsp3) is 0.0370. The van der Waals surface area contributed by atoms with Crippen LogP contribution >= 0.6 is 0 Å². The fourth-order valence-corrected chi connectivity index (χ4v) is 3.00. The first-order valence-electron chi connectivity index (χ1n) is 9.91. The van der Waals surface area contributed by atoms with Crippen molar-refractivity contribution < 1.29 is 14.2 Å². The van der Waals surface area contributed by atoms with Crippen LogP contribution in [0.4, 0.5) is 0 Å². The standard InChI is InChI=1S/C27H18N2O3/c28-17-21-6-4-5-9-26(21)32-25-13-11-23(12-14-25)30-19-20-10-15-27(22(16-20)18-29)31-24-7-2-1-3-8-24/h1-16H,19H2. The molecule has 5 nitrogen and oxygen atoms in total. The lowest BCUT2D eigenvalue weighted by atomic mass is 10.1. The Balaban J connectivity index is 1.39. The topological polar surface area (TPSA) is 75.3 Å². The number of ether oxygens (including phenoxy) is 3. The first-order chi connectivity index (χ1) is 15.7. The molecule has 154 valence electrons. The van der Waals surface area contributed by atoms with Crippen molar-refractivity contribution in [3.8, 4) is 40.9 Å². The summed E-state index contributed by atoms with van der Waals surface area (Å²) in [6.45, 7) is 0.303. The summed E-state index contributed by atoms with van der Waals surface area (Å²) in [5.74, 6) is 2.95. The number of hydrogen-bond donors (Lipinski definition) is 0. The van der Waals surface area contributed by atoms with Crippen molar-refractivity contribution in [1.82, 2.24) is 0 Å². The number of rotatable bonds is 7. The van der Waals surface area contributed by atoms with Crippen LogP contribution in [0, 0.1) is 22.7 Å². The summed E-state index contributed by atoms with van der Waals surface area (Å²) in [6, 6.07) is 33.2. The Labute approximate surface area is 186 Å². The van der Waals surface area contributed by atoms with Crippen LogP contribution < -0.4 is 14.2 Å². The third-order valence-corrected chi connectivity index (χ3v) is 4.60. The van der Waals surface area contributed by atoms with Crippen LogP contribution in [-0.4, -0.2) is 0 Å². The van der Waals surface area contributed by atoms with E-state index in [0.29, 0.717) is 46.5 Å². The summed E-state index contributed by atoms with van der Waals surface area (Å²) in [6.07, 6.45) is 0. The Morgan fingerprint density at radius 3 is 1.88 bits per heavy atom. The maximum atomic E-state index is 9.49. The fourth-order valence-electron chi connectivity index (χ4n) is 3.00. The van der Waals surface area contributed by atoms with E-state index < -0.39 is 0 Å². The molecule has 0 heterocycles. The van der Waals surface area contributed by atoms with Crippen molar-refractivity contribution in [2.45, 2.75) is 6.61 Å². The normalized spacial score (nSPS) is 9.94. The summed E-state index contributed by atoms with van der Waals surface area (Å²) in [7, 11) is 0. The molecule has 0 aliphatic rings. The molecule has 0 atom stereocenters. The van der Waals surface area contributed by atoms with Gasteiger partial charge in [-0.05, 0) is 66.2 Å². The lowest BCUT2D eigenvalue weighted by Crippen LogP contribution is -1.97. The lowest BCUT2D eigenvalue weighted by Gasteiger charge is -2.11. The molecule has 0 radical (unpaired) electrons. The Bertz CT molecular complexity index is 1290. The molecular weight excluding hydrogens is 400 g/mol. The minimum Gasteiger partial charge on any atom is -0.489 e. The van der Waals surface area contributed by atoms with E-state index in [0.717, 1.165) is 5.56 Å². The summed E-state index contributed by atoms with van der Waals surface area (Å²) in [5.41, 5.74) is 1.76. The van der Waals surface area contributed by atoms with Crippen LogP contribution in [0.2, 0.25) is 0 Å². The first kappa shape index (κ1) is 20.5. The molecule has 0 aromatic heterocycles. The van der Waals surface area contributed by atoms with E-state index in [1.165, 1.54) is 0 Å². The Morgan fingerprint density at radius 1 is 0.562 bits per heavy atom. The highest BCUT2D eigenvalue weighted by atomic mass is 16.5. The van der Waals surface area contributed by atoms with Gasteiger partial charge < -0.3 is 14.2 Å². The van der Waals surface area contributed by atoms with E-state index in [1.54, 1.807) is 54.6 Å². The van der Waals surface area contributed by atoms with Crippen LogP contribution in [0.5, 0.6) is 28.7 Å². The third kappa shape index (κ3) is 5.05. The molecule has 0 saturated carbocycles. The van der Waals surface area contributed by atoms with Crippen LogP contribution in [0.25, 0.3) is 0 Å². The quantitative estimate of drug-likeness (QED) is 0.338. The SMILES string of the molecule is N#Cc1ccccc1Oc1ccc(OCc2ccc(Oc3ccccc3)c(C#N)c2)cc1. The zero-order valence-corrected chi connectivity index (χ0v) is 17.1. The van der Waals surface area contributed by atoms with E-state index in [1.807, 2.05) is 42.5 Å². The van der Waals surface area contributed by atoms with E-state index in [4.69, 9.17) is 19.5 Å². The van der Waals surface area contributed by atoms with E-state index >= 15 is 0 Å². The molecule has 0 spiro atoms. The Kier molecular flexibility index (Phi) is 6.31. The van der Waals surface area contributed by atoms with Gasteiger partial charge in [0.15, 0.2) is 0 Å². The van der Waals surface area contributed by atoms with Crippen LogP contribution in [0.3, 0.4) is 0 Å². The van der Waals surface area contributed by atoms with Gasteiger partial charge in [0, 0.05) is 0 Å². The van der Waals surface area contributed by atoms with Crippen LogP contribution in [-0.2, 0) is 6.61 Å². The second-order valence-electron chi connectivity index (χ2n) is 6.83. The number of hydrogen-bond acceptors (Lipinski definition) is 5. The van der Waals surface area contributed by atoms with Crippen molar-refractivity contribution in [2.75, 3.05) is 0 Å². The molecule has 0 unspecified atom stereocenters. The second kappa shape index (κ2) is 9.84. The summed E-state index contributed by atoms with van der Waals surface area (Å²) in [5, 5.41) is 18.7. The van der Waals surface area contributed by atoms with Crippen molar-refractivity contribution in [1.29, 1.82) is 10.5 Å². The zero-order valence-electron chi connectivity index (χ0n) is 17.1. The molecular formula is C27H18N2O3. The van der Waals surface area contributed by atoms with Crippen LogP contribution in [0.1, 0.15) is 16.7 Å². The molecule has 0 aliphatic heterocycles. The maximum absolute atomic E-state index is 9.49. The van der Waals surface area contributed by atoms with Gasteiger partial charge in [0.25, 0.3) is 0 Å². The van der Waals surface area contributed by atoms with Gasteiger partial charge in [-0.15, -0.1) is 0 Å². The smallest absolute Gasteiger partial charge is 0.145 e. The van der Waals surface area contributed by atoms with Gasteiger partial charge in [-0.3, -0.25) is 0 Å². The predicted molar refractivity (Wildman–Crippen MR) is 120 cm³/mol. The molecule has 0 saturated heterocycles. The van der Waals surface area contributed by atoms with Gasteiger partial charge in [-0.1, -0.05) is 36.4 Å². The molecule has 0 amide bonds. The maximum Gasteiger partial charge on any atom is 0.145 e. The number of nitrogens with zero attached hydrogens (tertiary/aromatic N) is 2. The van der Waals surface area contributed by atoms with Gasteiger partial charge >= 0.3 is 0 Å². The molecule has 4 rings (SSSR count). The van der Waals surface area contributed by atoms with Crippen molar-refractivity contribution in [3.05, 3.63) is 114 Å². The van der Waals surface area contributed by atoms with Crippen LogP contribution in [0.15, 0.2) is 97.1 Å². The zero-order chi connectivity index (χ0) is 22.2. The largest absolute Gasteiger partial charge is 0.489 e. The average Bonchev–Trinajstić information content (AvgIpc) is 2.85. The highest BCUT2D eigenvalue weighted by Crippen LogP contribution is 2.28. The number of para-hydroxylation sites is 2. The molecule has 0 N–H and O–H groups in total. The molecule has 0 aliphatic carbocycles. The summed E-state index contributed by atoms with van der Waals surface area (Å²) >= 11 is 0. The van der Waals surface area contributed by atoms with Crippen molar-refractivity contribution in [3.63, 3.8) is 0 Å². The summed E-state index contributed by atoms with van der Waals surface area (Å²) in [4.78, 5) is 0. The molecule has 0 fully saturated rings. The monoisotopic (exact) mass is 418 g/mol. The third-order valence-electron chi connectivity index (χ3n) is 4.60. The first-order valence-corrected chi connectivity index (χ1v) is 9.91. The second-order valence-corrected chi connectivity index (χ2v) is 6.83. The van der Waals surface area contributed by atoms with Gasteiger partial charge in [0.2, 0.25) is 0 Å². The van der Waals surface area contributed by atoms with Gasteiger partial charge in [-0.25, -0.2) is 0 Å². The van der Waals surface area contributed by atoms with E-state index in [9.17, 15) is 5.26 Å². The Morgan fingerprint density at radius 2 is 1.16 bits per heavy atom. The summed E-state index contributed by atoms with van der Waals surface area (Å²) < 4.78 is 17.4. The molecule has 32 heavy (non-hydrogen) atoms. The minimum absolute atomic E-state index is 0.303. The molecule has 0 bridgehead atoms. The molecule has 5 heteroatoms. The van der Waals surface area contributed by atoms with Gasteiger partial charge in [0.1, 0.15) is 47.5 Å². The Hall–Kier alpha value is -4.74. The predicted octanol–water partition coefficient (Wildman–Crippen LogP) is 6.59. The van der Waals surface area contributed by atoms with Crippen molar-refractivity contribution >= 4 is 0 Å². The van der Waals surface area contributed by atoms with Gasteiger partial charge in [0.05, 0.1) is 11.1 Å². The molecule has 4 aromatic carbocycles. The van der Waals surface area contributed by atoms with E-state index in [-0.39, 0.29) is 0 Å². The lowest BCUT2D eigenvalue weighted by molar-refractivity contribution is 0.305. The average molecular weight is 418 g/mol. The highest BCUT2D eigenvalue weighted by molar-refractivity contribution is 5.48. The molecule has 4 aromatic rings. The van der Waals surface area contributed by atoms with E-state index in [2.05, 4.69) is 12.1 Å². The van der Waals surface area contributed by atoms with Crippen molar-refractivity contribution in [2.24, 2.45) is 0 Å². The highest BCUT2D eigenvalue weighted by Gasteiger charge is 2.08.